The fourth-order valence-corrected chi connectivity index (χ4v) is 1.69. The molecule has 0 aliphatic rings. The van der Waals surface area contributed by atoms with Crippen LogP contribution < -0.4 is 10.5 Å². The van der Waals surface area contributed by atoms with Crippen LogP contribution in [0.5, 0.6) is 5.75 Å². The number of alkyl halides is 2. The molecule has 2 N–H and O–H groups in total. The first-order valence-corrected chi connectivity index (χ1v) is 6.08. The molecule has 0 atom stereocenters. The lowest BCUT2D eigenvalue weighted by Gasteiger charge is -2.13. The van der Waals surface area contributed by atoms with Gasteiger partial charge in [0.2, 0.25) is 0 Å². The Labute approximate surface area is 115 Å². The first-order chi connectivity index (χ1) is 9.36. The van der Waals surface area contributed by atoms with E-state index in [4.69, 9.17) is 5.73 Å². The maximum Gasteiger partial charge on any atom is 0.387 e. The van der Waals surface area contributed by atoms with Crippen molar-refractivity contribution in [1.29, 1.82) is 0 Å². The van der Waals surface area contributed by atoms with Crippen LogP contribution in [0.1, 0.15) is 25.1 Å². The predicted molar refractivity (Wildman–Crippen MR) is 69.4 cm³/mol. The van der Waals surface area contributed by atoms with Gasteiger partial charge in [0.1, 0.15) is 11.4 Å². The molecule has 108 valence electrons. The SMILES string of the molecule is CC(C)(N)c1cn(Cc2ccccc2OC(F)F)nn1. The molecule has 2 aromatic rings. The van der Waals surface area contributed by atoms with Gasteiger partial charge in [0.15, 0.2) is 0 Å². The zero-order chi connectivity index (χ0) is 14.8. The van der Waals surface area contributed by atoms with Crippen LogP contribution in [0, 0.1) is 0 Å². The lowest BCUT2D eigenvalue weighted by atomic mass is 10.0. The molecule has 1 aromatic carbocycles. The topological polar surface area (TPSA) is 66.0 Å². The van der Waals surface area contributed by atoms with E-state index in [1.807, 2.05) is 13.8 Å². The Balaban J connectivity index is 2.20. The van der Waals surface area contributed by atoms with E-state index in [2.05, 4.69) is 15.0 Å². The quantitative estimate of drug-likeness (QED) is 0.912. The second-order valence-corrected chi connectivity index (χ2v) is 5.01. The van der Waals surface area contributed by atoms with Gasteiger partial charge in [-0.05, 0) is 19.9 Å². The third-order valence-electron chi connectivity index (χ3n) is 2.72. The third kappa shape index (κ3) is 3.51. The fraction of sp³-hybridized carbons (Fsp3) is 0.385. The fourth-order valence-electron chi connectivity index (χ4n) is 1.69. The van der Waals surface area contributed by atoms with Gasteiger partial charge >= 0.3 is 6.61 Å². The molecule has 1 aromatic heterocycles. The second-order valence-electron chi connectivity index (χ2n) is 5.01. The van der Waals surface area contributed by atoms with E-state index >= 15 is 0 Å². The van der Waals surface area contributed by atoms with Crippen LogP contribution in [0.3, 0.4) is 0 Å². The van der Waals surface area contributed by atoms with Gasteiger partial charge in [0.05, 0.1) is 18.3 Å². The predicted octanol–water partition coefficient (Wildman–Crippen LogP) is 2.12. The van der Waals surface area contributed by atoms with Gasteiger partial charge in [0, 0.05) is 5.56 Å². The Morgan fingerprint density at radius 2 is 2.05 bits per heavy atom. The van der Waals surface area contributed by atoms with Crippen molar-refractivity contribution >= 4 is 0 Å². The molecule has 0 spiro atoms. The van der Waals surface area contributed by atoms with Crippen LogP contribution in [-0.4, -0.2) is 21.6 Å². The van der Waals surface area contributed by atoms with E-state index in [0.29, 0.717) is 11.3 Å². The van der Waals surface area contributed by atoms with Gasteiger partial charge in [-0.15, -0.1) is 5.10 Å². The molecular formula is C13H16F2N4O. The van der Waals surface area contributed by atoms with Gasteiger partial charge < -0.3 is 10.5 Å². The molecule has 0 radical (unpaired) electrons. The minimum atomic E-state index is -2.86. The summed E-state index contributed by atoms with van der Waals surface area (Å²) in [5.41, 5.74) is 6.55. The van der Waals surface area contributed by atoms with E-state index < -0.39 is 12.2 Å². The maximum absolute atomic E-state index is 12.3. The Kier molecular flexibility index (Phi) is 3.99. The number of nitrogens with two attached hydrogens (primary N) is 1. The molecule has 0 bridgehead atoms. The van der Waals surface area contributed by atoms with Crippen molar-refractivity contribution in [1.82, 2.24) is 15.0 Å². The molecule has 0 saturated carbocycles. The monoisotopic (exact) mass is 282 g/mol. The summed E-state index contributed by atoms with van der Waals surface area (Å²) in [6.07, 6.45) is 1.69. The average molecular weight is 282 g/mol. The Hall–Kier alpha value is -2.02. The first kappa shape index (κ1) is 14.4. The zero-order valence-electron chi connectivity index (χ0n) is 11.3. The third-order valence-corrected chi connectivity index (χ3v) is 2.72. The maximum atomic E-state index is 12.3. The van der Waals surface area contributed by atoms with Crippen LogP contribution in [0.2, 0.25) is 0 Å². The van der Waals surface area contributed by atoms with E-state index in [-0.39, 0.29) is 12.3 Å². The Morgan fingerprint density at radius 3 is 2.65 bits per heavy atom. The lowest BCUT2D eigenvalue weighted by molar-refractivity contribution is -0.0505. The van der Waals surface area contributed by atoms with Gasteiger partial charge in [-0.3, -0.25) is 0 Å². The van der Waals surface area contributed by atoms with E-state index in [1.54, 1.807) is 24.4 Å². The molecular weight excluding hydrogens is 266 g/mol. The number of rotatable bonds is 5. The van der Waals surface area contributed by atoms with Gasteiger partial charge in [-0.25, -0.2) is 4.68 Å². The number of halogens is 2. The van der Waals surface area contributed by atoms with Crippen molar-refractivity contribution in [2.24, 2.45) is 5.73 Å². The van der Waals surface area contributed by atoms with Crippen LogP contribution in [0.4, 0.5) is 8.78 Å². The van der Waals surface area contributed by atoms with Crippen molar-refractivity contribution < 1.29 is 13.5 Å². The number of ether oxygens (including phenoxy) is 1. The highest BCUT2D eigenvalue weighted by molar-refractivity contribution is 5.33. The Morgan fingerprint density at radius 1 is 1.35 bits per heavy atom. The van der Waals surface area contributed by atoms with Gasteiger partial charge in [0.25, 0.3) is 0 Å². The minimum Gasteiger partial charge on any atom is -0.434 e. The molecule has 0 aliphatic heterocycles. The van der Waals surface area contributed by atoms with Crippen molar-refractivity contribution in [3.63, 3.8) is 0 Å². The molecule has 0 aliphatic carbocycles. The van der Waals surface area contributed by atoms with E-state index in [0.717, 1.165) is 0 Å². The number of hydrogen-bond acceptors (Lipinski definition) is 4. The smallest absolute Gasteiger partial charge is 0.387 e. The normalized spacial score (nSPS) is 11.9. The summed E-state index contributed by atoms with van der Waals surface area (Å²) < 4.78 is 30.7. The summed E-state index contributed by atoms with van der Waals surface area (Å²) in [6.45, 7) is 1.06. The number of para-hydroxylation sites is 1. The van der Waals surface area contributed by atoms with Crippen molar-refractivity contribution in [3.8, 4) is 5.75 Å². The Bertz CT molecular complexity index is 578. The average Bonchev–Trinajstić information content (AvgIpc) is 2.79. The second kappa shape index (κ2) is 5.54. The number of hydrogen-bond donors (Lipinski definition) is 1. The number of nitrogens with zero attached hydrogens (tertiary/aromatic N) is 3. The summed E-state index contributed by atoms with van der Waals surface area (Å²) in [5.74, 6) is 0.131. The van der Waals surface area contributed by atoms with E-state index in [9.17, 15) is 8.78 Å². The number of benzene rings is 1. The van der Waals surface area contributed by atoms with Crippen LogP contribution >= 0.6 is 0 Å². The lowest BCUT2D eigenvalue weighted by Crippen LogP contribution is -2.29. The molecule has 7 heteroatoms. The first-order valence-electron chi connectivity index (χ1n) is 6.08. The highest BCUT2D eigenvalue weighted by atomic mass is 19.3. The molecule has 0 saturated heterocycles. The van der Waals surface area contributed by atoms with Crippen molar-refractivity contribution in [2.75, 3.05) is 0 Å². The summed E-state index contributed by atoms with van der Waals surface area (Å²) in [7, 11) is 0. The van der Waals surface area contributed by atoms with Crippen LogP contribution in [0.15, 0.2) is 30.5 Å². The van der Waals surface area contributed by atoms with Crippen molar-refractivity contribution in [3.05, 3.63) is 41.7 Å². The zero-order valence-corrected chi connectivity index (χ0v) is 11.3. The molecule has 0 fully saturated rings. The highest BCUT2D eigenvalue weighted by Crippen LogP contribution is 2.21. The molecule has 1 heterocycles. The standard InChI is InChI=1S/C13H16F2N4O/c1-13(2,16)11-8-19(18-17-11)7-9-5-3-4-6-10(9)20-12(14)15/h3-6,8,12H,7,16H2,1-2H3. The highest BCUT2D eigenvalue weighted by Gasteiger charge is 2.18. The van der Waals surface area contributed by atoms with Crippen molar-refractivity contribution in [2.45, 2.75) is 32.5 Å². The molecule has 2 rings (SSSR count). The van der Waals surface area contributed by atoms with Crippen LogP contribution in [0.25, 0.3) is 0 Å². The summed E-state index contributed by atoms with van der Waals surface area (Å²) >= 11 is 0. The minimum absolute atomic E-state index is 0.131. The molecule has 0 amide bonds. The molecule has 20 heavy (non-hydrogen) atoms. The number of aromatic nitrogens is 3. The van der Waals surface area contributed by atoms with Gasteiger partial charge in [-0.1, -0.05) is 23.4 Å². The molecule has 5 nitrogen and oxygen atoms in total. The largest absolute Gasteiger partial charge is 0.434 e. The summed E-state index contributed by atoms with van der Waals surface area (Å²) in [6, 6.07) is 6.58. The summed E-state index contributed by atoms with van der Waals surface area (Å²) in [5, 5.41) is 7.92. The van der Waals surface area contributed by atoms with Gasteiger partial charge in [-0.2, -0.15) is 8.78 Å². The van der Waals surface area contributed by atoms with Crippen LogP contribution in [-0.2, 0) is 12.1 Å². The summed E-state index contributed by atoms with van der Waals surface area (Å²) in [4.78, 5) is 0. The van der Waals surface area contributed by atoms with E-state index in [1.165, 1.54) is 10.7 Å². The molecule has 0 unspecified atom stereocenters.